The molecule has 1 aliphatic heterocycles. The molecule has 5 nitrogen and oxygen atoms in total. The zero-order valence-electron chi connectivity index (χ0n) is 13.9. The minimum Gasteiger partial charge on any atom is -0.344 e. The van der Waals surface area contributed by atoms with Gasteiger partial charge in [0.2, 0.25) is 0 Å². The van der Waals surface area contributed by atoms with Gasteiger partial charge in [0, 0.05) is 17.0 Å². The number of nitrogens with zero attached hydrogens (tertiary/aromatic N) is 3. The van der Waals surface area contributed by atoms with E-state index in [9.17, 15) is 0 Å². The second kappa shape index (κ2) is 5.51. The van der Waals surface area contributed by atoms with Crippen LogP contribution in [0.25, 0.3) is 11.0 Å². The van der Waals surface area contributed by atoms with Gasteiger partial charge in [0.1, 0.15) is 23.2 Å². The van der Waals surface area contributed by atoms with Gasteiger partial charge in [0.25, 0.3) is 0 Å². The molecule has 3 aromatic rings. The summed E-state index contributed by atoms with van der Waals surface area (Å²) < 4.78 is 14.8. The average molecular weight is 376 g/mol. The number of ether oxygens (including phenoxy) is 2. The van der Waals surface area contributed by atoms with Gasteiger partial charge in [0.05, 0.1) is 17.5 Å². The molecule has 4 atom stereocenters. The molecule has 25 heavy (non-hydrogen) atoms. The highest BCUT2D eigenvalue weighted by Gasteiger charge is 2.55. The molecule has 1 saturated heterocycles. The van der Waals surface area contributed by atoms with Crippen LogP contribution < -0.4 is 0 Å². The normalized spacial score (nSPS) is 30.8. The zero-order chi connectivity index (χ0) is 17.2. The molecule has 1 aliphatic carbocycles. The predicted molar refractivity (Wildman–Crippen MR) is 97.1 cm³/mol. The van der Waals surface area contributed by atoms with Crippen LogP contribution in [-0.2, 0) is 9.47 Å². The average Bonchev–Trinajstić information content (AvgIpc) is 3.30. The first kappa shape index (κ1) is 15.8. The van der Waals surface area contributed by atoms with Crippen molar-refractivity contribution >= 4 is 34.0 Å². The maximum absolute atomic E-state index is 6.30. The molecule has 0 spiro atoms. The van der Waals surface area contributed by atoms with Gasteiger partial charge in [-0.25, -0.2) is 9.97 Å². The van der Waals surface area contributed by atoms with Gasteiger partial charge in [-0.3, -0.25) is 0 Å². The smallest absolute Gasteiger partial charge is 0.163 e. The number of hydrogen-bond donors (Lipinski definition) is 0. The van der Waals surface area contributed by atoms with Crippen molar-refractivity contribution in [2.24, 2.45) is 0 Å². The van der Waals surface area contributed by atoms with Crippen LogP contribution in [-0.4, -0.2) is 32.5 Å². The number of aromatic nitrogens is 3. The number of thiophene rings is 1. The van der Waals surface area contributed by atoms with E-state index in [-0.39, 0.29) is 18.2 Å². The summed E-state index contributed by atoms with van der Waals surface area (Å²) in [6, 6.07) is 6.42. The Labute approximate surface area is 154 Å². The van der Waals surface area contributed by atoms with E-state index in [1.165, 1.54) is 11.2 Å². The summed E-state index contributed by atoms with van der Waals surface area (Å²) in [7, 11) is 0. The lowest BCUT2D eigenvalue weighted by molar-refractivity contribution is -0.156. The van der Waals surface area contributed by atoms with Crippen LogP contribution in [0.5, 0.6) is 0 Å². The molecule has 7 heteroatoms. The number of rotatable bonds is 2. The maximum Gasteiger partial charge on any atom is 0.163 e. The lowest BCUT2D eigenvalue weighted by Crippen LogP contribution is -2.27. The fourth-order valence-corrected chi connectivity index (χ4v) is 5.28. The third kappa shape index (κ3) is 2.43. The quantitative estimate of drug-likeness (QED) is 0.623. The second-order valence-electron chi connectivity index (χ2n) is 7.11. The fourth-order valence-electron chi connectivity index (χ4n) is 4.21. The summed E-state index contributed by atoms with van der Waals surface area (Å²) in [5.41, 5.74) is 0.851. The van der Waals surface area contributed by atoms with E-state index in [2.05, 4.69) is 32.0 Å². The highest BCUT2D eigenvalue weighted by Crippen LogP contribution is 2.52. The van der Waals surface area contributed by atoms with Gasteiger partial charge in [-0.1, -0.05) is 17.7 Å². The van der Waals surface area contributed by atoms with Crippen LogP contribution in [0.3, 0.4) is 0 Å². The highest BCUT2D eigenvalue weighted by molar-refractivity contribution is 7.10. The van der Waals surface area contributed by atoms with Crippen molar-refractivity contribution in [1.29, 1.82) is 0 Å². The number of hydrogen-bond acceptors (Lipinski definition) is 5. The summed E-state index contributed by atoms with van der Waals surface area (Å²) in [5.74, 6) is -0.245. The lowest BCUT2D eigenvalue weighted by atomic mass is 10.0. The third-order valence-corrected chi connectivity index (χ3v) is 6.47. The van der Waals surface area contributed by atoms with Gasteiger partial charge in [-0.05, 0) is 37.8 Å². The van der Waals surface area contributed by atoms with E-state index >= 15 is 0 Å². The molecule has 0 aromatic carbocycles. The zero-order valence-corrected chi connectivity index (χ0v) is 15.5. The minimum atomic E-state index is -0.570. The second-order valence-corrected chi connectivity index (χ2v) is 8.45. The summed E-state index contributed by atoms with van der Waals surface area (Å²) >= 11 is 8.01. The van der Waals surface area contributed by atoms with Gasteiger partial charge >= 0.3 is 0 Å². The summed E-state index contributed by atoms with van der Waals surface area (Å²) in [4.78, 5) is 9.89. The van der Waals surface area contributed by atoms with Crippen LogP contribution in [0.4, 0.5) is 0 Å². The molecule has 5 rings (SSSR count). The van der Waals surface area contributed by atoms with Gasteiger partial charge in [0.15, 0.2) is 5.79 Å². The molecule has 130 valence electrons. The number of fused-ring (bicyclic) bond motifs is 2. The standard InChI is InChI=1S/C18H18ClN3O2S/c1-18(2)23-14-11(13-4-3-7-25-13)8-12(15(14)24-18)22-6-5-10-16(19)20-9-21-17(10)22/h3-7,9,11-12,14-15H,8H2,1-2H3/t11-,12-,14-,15+/m1/s1. The van der Waals surface area contributed by atoms with Crippen molar-refractivity contribution in [3.05, 3.63) is 46.1 Å². The van der Waals surface area contributed by atoms with Crippen molar-refractivity contribution in [3.63, 3.8) is 0 Å². The Bertz CT molecular complexity index is 924. The summed E-state index contributed by atoms with van der Waals surface area (Å²) in [6.45, 7) is 3.97. The first-order valence-corrected chi connectivity index (χ1v) is 9.65. The molecule has 0 amide bonds. The van der Waals surface area contributed by atoms with Crippen molar-refractivity contribution in [1.82, 2.24) is 14.5 Å². The monoisotopic (exact) mass is 375 g/mol. The Morgan fingerprint density at radius 1 is 1.24 bits per heavy atom. The van der Waals surface area contributed by atoms with Crippen LogP contribution >= 0.6 is 22.9 Å². The fraction of sp³-hybridized carbons (Fsp3) is 0.444. The predicted octanol–water partition coefficient (Wildman–Crippen LogP) is 4.39. The Kier molecular flexibility index (Phi) is 3.47. The molecule has 1 saturated carbocycles. The van der Waals surface area contributed by atoms with Crippen LogP contribution in [0.15, 0.2) is 36.1 Å². The van der Waals surface area contributed by atoms with E-state index in [0.717, 1.165) is 17.5 Å². The van der Waals surface area contributed by atoms with Gasteiger partial charge in [-0.15, -0.1) is 11.3 Å². The van der Waals surface area contributed by atoms with Crippen molar-refractivity contribution in [2.45, 2.75) is 50.2 Å². The Hall–Kier alpha value is -1.47. The topological polar surface area (TPSA) is 49.2 Å². The van der Waals surface area contributed by atoms with E-state index in [1.807, 2.05) is 26.1 Å². The SMILES string of the molecule is CC1(C)O[C@@H]2[C@H](O1)[C@@H](c1cccs1)C[C@H]2n1ccc2c(Cl)ncnc21. The molecule has 2 fully saturated rings. The summed E-state index contributed by atoms with van der Waals surface area (Å²) in [6.07, 6.45) is 4.55. The molecule has 3 aromatic heterocycles. The molecular weight excluding hydrogens is 358 g/mol. The summed E-state index contributed by atoms with van der Waals surface area (Å²) in [5, 5.41) is 3.48. The molecule has 0 N–H and O–H groups in total. The molecule has 4 heterocycles. The van der Waals surface area contributed by atoms with Crippen molar-refractivity contribution < 1.29 is 9.47 Å². The molecule has 2 aliphatic rings. The van der Waals surface area contributed by atoms with E-state index in [0.29, 0.717) is 11.1 Å². The van der Waals surface area contributed by atoms with Crippen molar-refractivity contribution in [3.8, 4) is 0 Å². The highest BCUT2D eigenvalue weighted by atomic mass is 35.5. The van der Waals surface area contributed by atoms with Gasteiger partial charge in [-0.2, -0.15) is 0 Å². The minimum absolute atomic E-state index is 0.00793. The molecule has 0 bridgehead atoms. The Morgan fingerprint density at radius 2 is 2.08 bits per heavy atom. The van der Waals surface area contributed by atoms with Crippen molar-refractivity contribution in [2.75, 3.05) is 0 Å². The van der Waals surface area contributed by atoms with E-state index in [4.69, 9.17) is 21.1 Å². The molecule has 0 radical (unpaired) electrons. The first-order chi connectivity index (χ1) is 12.0. The van der Waals surface area contributed by atoms with E-state index in [1.54, 1.807) is 11.3 Å². The van der Waals surface area contributed by atoms with Crippen LogP contribution in [0.2, 0.25) is 5.15 Å². The molecular formula is C18H18ClN3O2S. The first-order valence-electron chi connectivity index (χ1n) is 8.39. The third-order valence-electron chi connectivity index (χ3n) is 5.16. The lowest BCUT2D eigenvalue weighted by Gasteiger charge is -2.24. The Balaban J connectivity index is 1.60. The van der Waals surface area contributed by atoms with E-state index < -0.39 is 5.79 Å². The van der Waals surface area contributed by atoms with Crippen LogP contribution in [0, 0.1) is 0 Å². The van der Waals surface area contributed by atoms with Crippen LogP contribution in [0.1, 0.15) is 37.1 Å². The number of halogens is 1. The largest absolute Gasteiger partial charge is 0.344 e. The maximum atomic E-state index is 6.30. The van der Waals surface area contributed by atoms with Gasteiger partial charge < -0.3 is 14.0 Å². The Morgan fingerprint density at radius 3 is 2.88 bits per heavy atom. The molecule has 0 unspecified atom stereocenters.